The number of amides is 2. The van der Waals surface area contributed by atoms with Gasteiger partial charge in [-0.2, -0.15) is 0 Å². The molecular weight excluding hydrogens is 240 g/mol. The van der Waals surface area contributed by atoms with Crippen LogP contribution in [-0.4, -0.2) is 11.8 Å². The van der Waals surface area contributed by atoms with Crippen molar-refractivity contribution < 1.29 is 9.59 Å². The Kier molecular flexibility index (Phi) is 4.97. The molecule has 1 atom stereocenters. The number of halogens is 1. The molecule has 0 fully saturated rings. The van der Waals surface area contributed by atoms with Crippen molar-refractivity contribution >= 4 is 23.4 Å². The summed E-state index contributed by atoms with van der Waals surface area (Å²) >= 11 is 5.70. The number of hydrogen-bond donors (Lipinski definition) is 2. The van der Waals surface area contributed by atoms with Crippen molar-refractivity contribution in [2.24, 2.45) is 5.92 Å². The molecule has 0 aliphatic rings. The first-order valence-electron chi connectivity index (χ1n) is 5.40. The van der Waals surface area contributed by atoms with E-state index in [-0.39, 0.29) is 17.7 Å². The summed E-state index contributed by atoms with van der Waals surface area (Å²) in [4.78, 5) is 23.0. The molecule has 0 spiro atoms. The molecule has 0 aromatic heterocycles. The van der Waals surface area contributed by atoms with Gasteiger partial charge in [0.1, 0.15) is 0 Å². The first-order valence-corrected chi connectivity index (χ1v) is 5.78. The minimum atomic E-state index is -0.363. The smallest absolute Gasteiger partial charge is 0.269 e. The van der Waals surface area contributed by atoms with E-state index in [1.165, 1.54) is 0 Å². The highest BCUT2D eigenvalue weighted by molar-refractivity contribution is 6.30. The largest absolute Gasteiger partial charge is 0.273 e. The standard InChI is InChI=1S/C12H15ClN2O2/c1-3-8(2)11(16)14-15-12(17)9-4-6-10(13)7-5-9/h4-8H,3H2,1-2H3,(H,14,16)(H,15,17). The lowest BCUT2D eigenvalue weighted by atomic mass is 10.1. The van der Waals surface area contributed by atoms with Crippen LogP contribution in [0.5, 0.6) is 0 Å². The molecule has 0 radical (unpaired) electrons. The first kappa shape index (κ1) is 13.5. The second-order valence-corrected chi connectivity index (χ2v) is 4.20. The third-order valence-electron chi connectivity index (χ3n) is 2.47. The van der Waals surface area contributed by atoms with E-state index in [4.69, 9.17) is 11.6 Å². The fourth-order valence-corrected chi connectivity index (χ4v) is 1.23. The summed E-state index contributed by atoms with van der Waals surface area (Å²) in [6.07, 6.45) is 0.725. The fourth-order valence-electron chi connectivity index (χ4n) is 1.10. The van der Waals surface area contributed by atoms with E-state index in [0.29, 0.717) is 10.6 Å². The van der Waals surface area contributed by atoms with Crippen LogP contribution in [0.3, 0.4) is 0 Å². The van der Waals surface area contributed by atoms with Crippen molar-refractivity contribution in [3.05, 3.63) is 34.9 Å². The minimum Gasteiger partial charge on any atom is -0.273 e. The maximum Gasteiger partial charge on any atom is 0.269 e. The highest BCUT2D eigenvalue weighted by atomic mass is 35.5. The van der Waals surface area contributed by atoms with Crippen molar-refractivity contribution in [2.45, 2.75) is 20.3 Å². The lowest BCUT2D eigenvalue weighted by Gasteiger charge is -2.10. The highest BCUT2D eigenvalue weighted by Gasteiger charge is 2.11. The Hall–Kier alpha value is -1.55. The normalized spacial score (nSPS) is 11.7. The Morgan fingerprint density at radius 1 is 1.24 bits per heavy atom. The van der Waals surface area contributed by atoms with Crippen LogP contribution < -0.4 is 10.9 Å². The molecule has 0 aliphatic heterocycles. The van der Waals surface area contributed by atoms with Crippen molar-refractivity contribution in [1.29, 1.82) is 0 Å². The third kappa shape index (κ3) is 4.07. The summed E-state index contributed by atoms with van der Waals surface area (Å²) in [7, 11) is 0. The zero-order valence-electron chi connectivity index (χ0n) is 9.79. The van der Waals surface area contributed by atoms with E-state index in [0.717, 1.165) is 6.42 Å². The van der Waals surface area contributed by atoms with Crippen LogP contribution in [-0.2, 0) is 4.79 Å². The summed E-state index contributed by atoms with van der Waals surface area (Å²) < 4.78 is 0. The summed E-state index contributed by atoms with van der Waals surface area (Å²) in [5.41, 5.74) is 5.17. The second-order valence-electron chi connectivity index (χ2n) is 3.76. The maximum atomic E-state index is 11.6. The van der Waals surface area contributed by atoms with Crippen molar-refractivity contribution in [2.75, 3.05) is 0 Å². The number of rotatable bonds is 3. The monoisotopic (exact) mass is 254 g/mol. The fraction of sp³-hybridized carbons (Fsp3) is 0.333. The number of hydrogen-bond acceptors (Lipinski definition) is 2. The van der Waals surface area contributed by atoms with Gasteiger partial charge in [0.25, 0.3) is 5.91 Å². The molecule has 0 aliphatic carbocycles. The van der Waals surface area contributed by atoms with Gasteiger partial charge in [0, 0.05) is 16.5 Å². The SMILES string of the molecule is CCC(C)C(=O)NNC(=O)c1ccc(Cl)cc1. The van der Waals surface area contributed by atoms with Crippen molar-refractivity contribution in [3.8, 4) is 0 Å². The molecule has 1 unspecified atom stereocenters. The molecule has 0 saturated carbocycles. The first-order chi connectivity index (χ1) is 8.04. The van der Waals surface area contributed by atoms with E-state index in [1.807, 2.05) is 6.92 Å². The lowest BCUT2D eigenvalue weighted by molar-refractivity contribution is -0.125. The summed E-state index contributed by atoms with van der Waals surface area (Å²) in [5, 5.41) is 0.560. The minimum absolute atomic E-state index is 0.125. The van der Waals surface area contributed by atoms with Gasteiger partial charge in [-0.3, -0.25) is 20.4 Å². The molecule has 0 bridgehead atoms. The van der Waals surface area contributed by atoms with E-state index < -0.39 is 0 Å². The van der Waals surface area contributed by atoms with Crippen LogP contribution in [0, 0.1) is 5.92 Å². The topological polar surface area (TPSA) is 58.2 Å². The Bertz CT molecular complexity index is 403. The van der Waals surface area contributed by atoms with Crippen LogP contribution in [0.25, 0.3) is 0 Å². The van der Waals surface area contributed by atoms with E-state index in [1.54, 1.807) is 31.2 Å². The Morgan fingerprint density at radius 2 is 1.82 bits per heavy atom. The second kappa shape index (κ2) is 6.25. The molecule has 0 saturated heterocycles. The van der Waals surface area contributed by atoms with Crippen LogP contribution in [0.15, 0.2) is 24.3 Å². The maximum absolute atomic E-state index is 11.6. The summed E-state index contributed by atoms with van der Waals surface area (Å²) in [6.45, 7) is 3.70. The molecule has 5 heteroatoms. The Morgan fingerprint density at radius 3 is 2.35 bits per heavy atom. The zero-order valence-corrected chi connectivity index (χ0v) is 10.5. The van der Waals surface area contributed by atoms with E-state index >= 15 is 0 Å². The highest BCUT2D eigenvalue weighted by Crippen LogP contribution is 2.09. The molecule has 4 nitrogen and oxygen atoms in total. The number of carbonyl (C=O) groups excluding carboxylic acids is 2. The number of nitrogens with one attached hydrogen (secondary N) is 2. The predicted molar refractivity (Wildman–Crippen MR) is 66.5 cm³/mol. The van der Waals surface area contributed by atoms with Crippen molar-refractivity contribution in [1.82, 2.24) is 10.9 Å². The predicted octanol–water partition coefficient (Wildman–Crippen LogP) is 2.15. The van der Waals surface area contributed by atoms with Gasteiger partial charge >= 0.3 is 0 Å². The molecule has 1 aromatic carbocycles. The number of benzene rings is 1. The van der Waals surface area contributed by atoms with Crippen LogP contribution in [0.2, 0.25) is 5.02 Å². The molecule has 2 amide bonds. The molecule has 1 aromatic rings. The molecule has 0 heterocycles. The van der Waals surface area contributed by atoms with Gasteiger partial charge in [-0.1, -0.05) is 25.4 Å². The average Bonchev–Trinajstić information content (AvgIpc) is 2.35. The molecule has 1 rings (SSSR count). The average molecular weight is 255 g/mol. The van der Waals surface area contributed by atoms with E-state index in [2.05, 4.69) is 10.9 Å². The molecule has 92 valence electrons. The van der Waals surface area contributed by atoms with Crippen LogP contribution >= 0.6 is 11.6 Å². The van der Waals surface area contributed by atoms with Gasteiger partial charge in [0.15, 0.2) is 0 Å². The van der Waals surface area contributed by atoms with E-state index in [9.17, 15) is 9.59 Å². The summed E-state index contributed by atoms with van der Waals surface area (Å²) in [5.74, 6) is -0.686. The number of hydrazine groups is 1. The van der Waals surface area contributed by atoms with Gasteiger partial charge in [0.2, 0.25) is 5.91 Å². The molecule has 2 N–H and O–H groups in total. The van der Waals surface area contributed by atoms with Crippen molar-refractivity contribution in [3.63, 3.8) is 0 Å². The Balaban J connectivity index is 2.50. The van der Waals surface area contributed by atoms with Gasteiger partial charge in [-0.05, 0) is 30.7 Å². The lowest BCUT2D eigenvalue weighted by Crippen LogP contribution is -2.43. The van der Waals surface area contributed by atoms with Gasteiger partial charge in [-0.15, -0.1) is 0 Å². The van der Waals surface area contributed by atoms with Crippen LogP contribution in [0.4, 0.5) is 0 Å². The third-order valence-corrected chi connectivity index (χ3v) is 2.72. The zero-order chi connectivity index (χ0) is 12.8. The van der Waals surface area contributed by atoms with Gasteiger partial charge < -0.3 is 0 Å². The van der Waals surface area contributed by atoms with Crippen LogP contribution in [0.1, 0.15) is 30.6 Å². The quantitative estimate of drug-likeness (QED) is 0.812. The molecular formula is C12H15ClN2O2. The number of carbonyl (C=O) groups is 2. The van der Waals surface area contributed by atoms with Gasteiger partial charge in [-0.25, -0.2) is 0 Å². The Labute approximate surface area is 105 Å². The molecule has 17 heavy (non-hydrogen) atoms. The van der Waals surface area contributed by atoms with Gasteiger partial charge in [0.05, 0.1) is 0 Å². The summed E-state index contributed by atoms with van der Waals surface area (Å²) in [6, 6.07) is 6.42.